The molecule has 1 saturated heterocycles. The molecule has 2 aromatic rings. The summed E-state index contributed by atoms with van der Waals surface area (Å²) in [6.07, 6.45) is 3.56. The molecule has 0 atom stereocenters. The summed E-state index contributed by atoms with van der Waals surface area (Å²) in [4.78, 5) is 37.9. The van der Waals surface area contributed by atoms with Gasteiger partial charge in [-0.15, -0.1) is 0 Å². The smallest absolute Gasteiger partial charge is 0.312 e. The summed E-state index contributed by atoms with van der Waals surface area (Å²) in [5, 5.41) is 12.0. The van der Waals surface area contributed by atoms with Crippen LogP contribution in [0.2, 0.25) is 10.0 Å². The Morgan fingerprint density at radius 3 is 2.39 bits per heavy atom. The average Bonchev–Trinajstić information content (AvgIpc) is 2.77. The zero-order valence-electron chi connectivity index (χ0n) is 17.4. The lowest BCUT2D eigenvalue weighted by Crippen LogP contribution is -2.46. The molecule has 1 aliphatic heterocycles. The highest BCUT2D eigenvalue weighted by atomic mass is 35.5. The number of halogens is 3. The Hall–Kier alpha value is -2.55. The van der Waals surface area contributed by atoms with Gasteiger partial charge in [0.25, 0.3) is 0 Å². The molecule has 0 aromatic heterocycles. The monoisotopic (exact) mass is 510 g/mol. The van der Waals surface area contributed by atoms with Crippen molar-refractivity contribution in [1.29, 1.82) is 0 Å². The van der Waals surface area contributed by atoms with E-state index in [0.717, 1.165) is 4.90 Å². The molecule has 0 bridgehead atoms. The first-order valence-corrected chi connectivity index (χ1v) is 11.7. The molecule has 174 valence electrons. The second-order valence-electron chi connectivity index (χ2n) is 7.41. The van der Waals surface area contributed by atoms with E-state index in [4.69, 9.17) is 28.3 Å². The highest BCUT2D eigenvalue weighted by molar-refractivity contribution is 7.99. The minimum atomic E-state index is -1.17. The number of amides is 2. The van der Waals surface area contributed by atoms with Gasteiger partial charge < -0.3 is 15.3 Å². The van der Waals surface area contributed by atoms with E-state index in [0.29, 0.717) is 46.4 Å². The van der Waals surface area contributed by atoms with E-state index in [9.17, 15) is 18.8 Å². The number of carbonyl (C=O) groups excluding carboxylic acids is 2. The number of rotatable bonds is 7. The van der Waals surface area contributed by atoms with Crippen LogP contribution in [0.5, 0.6) is 0 Å². The van der Waals surface area contributed by atoms with Gasteiger partial charge in [-0.25, -0.2) is 4.39 Å². The van der Waals surface area contributed by atoms with Gasteiger partial charge in [0.1, 0.15) is 12.2 Å². The number of carbonyl (C=O) groups is 3. The minimum Gasteiger partial charge on any atom is -0.481 e. The van der Waals surface area contributed by atoms with E-state index < -0.39 is 18.3 Å². The lowest BCUT2D eigenvalue weighted by atomic mass is 10.0. The molecule has 10 heteroatoms. The maximum atomic E-state index is 13.1. The first kappa shape index (κ1) is 25.1. The van der Waals surface area contributed by atoms with Gasteiger partial charge in [0, 0.05) is 35.0 Å². The molecule has 3 rings (SSSR count). The maximum Gasteiger partial charge on any atom is 0.312 e. The van der Waals surface area contributed by atoms with Crippen LogP contribution in [-0.2, 0) is 14.4 Å². The summed E-state index contributed by atoms with van der Waals surface area (Å²) in [6, 6.07) is 9.44. The number of nitrogens with one attached hydrogen (secondary N) is 1. The molecule has 0 radical (unpaired) electrons. The number of hydrogen-bond acceptors (Lipinski definition) is 4. The fourth-order valence-corrected chi connectivity index (χ4v) is 4.74. The van der Waals surface area contributed by atoms with Gasteiger partial charge in [-0.05, 0) is 54.8 Å². The first-order valence-electron chi connectivity index (χ1n) is 10.1. The second-order valence-corrected chi connectivity index (χ2v) is 9.28. The van der Waals surface area contributed by atoms with E-state index in [1.807, 2.05) is 0 Å². The Morgan fingerprint density at radius 2 is 1.76 bits per heavy atom. The first-order chi connectivity index (χ1) is 15.7. The molecule has 2 aromatic carbocycles. The molecule has 0 aliphatic carbocycles. The SMILES string of the molecule is O=C(O)CC(=O)NC1CCN(C(=O)/C=C/c2ccc(Sc3ccc(F)cc3)c(Cl)c2Cl)CC1. The fraction of sp³-hybridized carbons (Fsp3) is 0.261. The standard InChI is InChI=1S/C23H21Cl2FN2O4S/c24-22-14(1-7-18(23(22)25)33-17-5-3-15(26)4-6-17)2-8-20(30)28-11-9-16(10-12-28)27-19(29)13-21(31)32/h1-8,16H,9-13H2,(H,27,29)(H,31,32)/b8-2+. The predicted molar refractivity (Wildman–Crippen MR) is 126 cm³/mol. The van der Waals surface area contributed by atoms with Gasteiger partial charge in [0.05, 0.1) is 10.0 Å². The highest BCUT2D eigenvalue weighted by Crippen LogP contribution is 2.39. The summed E-state index contributed by atoms with van der Waals surface area (Å²) >= 11 is 14.2. The zero-order valence-corrected chi connectivity index (χ0v) is 19.7. The Kier molecular flexibility index (Phi) is 8.77. The van der Waals surface area contributed by atoms with Gasteiger partial charge in [0.2, 0.25) is 11.8 Å². The summed E-state index contributed by atoms with van der Waals surface area (Å²) < 4.78 is 13.1. The zero-order chi connectivity index (χ0) is 24.0. The van der Waals surface area contributed by atoms with Gasteiger partial charge in [-0.3, -0.25) is 14.4 Å². The van der Waals surface area contributed by atoms with Crippen molar-refractivity contribution in [3.8, 4) is 0 Å². The Labute approximate surface area is 204 Å². The second kappa shape index (κ2) is 11.5. The van der Waals surface area contributed by atoms with Crippen LogP contribution in [0.25, 0.3) is 6.08 Å². The molecule has 2 N–H and O–H groups in total. The Bertz CT molecular complexity index is 1070. The van der Waals surface area contributed by atoms with Crippen LogP contribution < -0.4 is 5.32 Å². The Morgan fingerprint density at radius 1 is 1.09 bits per heavy atom. The van der Waals surface area contributed by atoms with Crippen LogP contribution in [0.1, 0.15) is 24.8 Å². The van der Waals surface area contributed by atoms with E-state index in [1.165, 1.54) is 30.0 Å². The quantitative estimate of drug-likeness (QED) is 0.409. The third-order valence-electron chi connectivity index (χ3n) is 5.01. The lowest BCUT2D eigenvalue weighted by molar-refractivity contribution is -0.140. The summed E-state index contributed by atoms with van der Waals surface area (Å²) in [5.41, 5.74) is 0.592. The number of carboxylic acids is 1. The van der Waals surface area contributed by atoms with Crippen molar-refractivity contribution >= 4 is 58.8 Å². The fourth-order valence-electron chi connectivity index (χ4n) is 3.31. The molecule has 0 unspecified atom stereocenters. The molecular formula is C23H21Cl2FN2O4S. The van der Waals surface area contributed by atoms with Crippen LogP contribution >= 0.6 is 35.0 Å². The number of nitrogens with zero attached hydrogens (tertiary/aromatic N) is 1. The number of likely N-dealkylation sites (tertiary alicyclic amines) is 1. The van der Waals surface area contributed by atoms with E-state index in [2.05, 4.69) is 5.32 Å². The van der Waals surface area contributed by atoms with Crippen LogP contribution in [0.15, 0.2) is 52.3 Å². The van der Waals surface area contributed by atoms with Crippen molar-refractivity contribution in [3.05, 3.63) is 63.9 Å². The minimum absolute atomic E-state index is 0.149. The van der Waals surface area contributed by atoms with E-state index in [-0.39, 0.29) is 17.8 Å². The van der Waals surface area contributed by atoms with Crippen LogP contribution in [0, 0.1) is 5.82 Å². The lowest BCUT2D eigenvalue weighted by Gasteiger charge is -2.31. The van der Waals surface area contributed by atoms with Gasteiger partial charge in [0.15, 0.2) is 0 Å². The van der Waals surface area contributed by atoms with Crippen molar-refractivity contribution in [3.63, 3.8) is 0 Å². The average molecular weight is 511 g/mol. The highest BCUT2D eigenvalue weighted by Gasteiger charge is 2.23. The van der Waals surface area contributed by atoms with Crippen molar-refractivity contribution in [2.24, 2.45) is 0 Å². The molecule has 0 spiro atoms. The molecule has 6 nitrogen and oxygen atoms in total. The van der Waals surface area contributed by atoms with Crippen molar-refractivity contribution in [1.82, 2.24) is 10.2 Å². The molecule has 1 aliphatic rings. The van der Waals surface area contributed by atoms with Gasteiger partial charge in [-0.2, -0.15) is 0 Å². The summed E-state index contributed by atoms with van der Waals surface area (Å²) in [5.74, 6) is -2.21. The van der Waals surface area contributed by atoms with Crippen molar-refractivity contribution in [2.45, 2.75) is 35.1 Å². The van der Waals surface area contributed by atoms with Gasteiger partial charge in [-0.1, -0.05) is 41.0 Å². The summed E-state index contributed by atoms with van der Waals surface area (Å²) in [6.45, 7) is 0.895. The maximum absolute atomic E-state index is 13.1. The third kappa shape index (κ3) is 7.22. The number of carboxylic acid groups (broad SMARTS) is 1. The van der Waals surface area contributed by atoms with Crippen LogP contribution in [0.3, 0.4) is 0 Å². The number of hydrogen-bond donors (Lipinski definition) is 2. The molecule has 1 fully saturated rings. The molecule has 0 saturated carbocycles. The normalized spacial score (nSPS) is 14.5. The molecular weight excluding hydrogens is 490 g/mol. The van der Waals surface area contributed by atoms with Crippen molar-refractivity contribution in [2.75, 3.05) is 13.1 Å². The van der Waals surface area contributed by atoms with Crippen molar-refractivity contribution < 1.29 is 23.9 Å². The number of piperidine rings is 1. The van der Waals surface area contributed by atoms with Gasteiger partial charge >= 0.3 is 5.97 Å². The molecule has 2 amide bonds. The third-order valence-corrected chi connectivity index (χ3v) is 7.08. The van der Waals surface area contributed by atoms with E-state index >= 15 is 0 Å². The number of benzene rings is 2. The van der Waals surface area contributed by atoms with E-state index in [1.54, 1.807) is 35.2 Å². The largest absolute Gasteiger partial charge is 0.481 e. The molecule has 33 heavy (non-hydrogen) atoms. The topological polar surface area (TPSA) is 86.7 Å². The van der Waals surface area contributed by atoms with Crippen LogP contribution in [-0.4, -0.2) is 46.9 Å². The molecule has 1 heterocycles. The summed E-state index contributed by atoms with van der Waals surface area (Å²) in [7, 11) is 0. The predicted octanol–water partition coefficient (Wildman–Crippen LogP) is 4.88. The Balaban J connectivity index is 1.56. The van der Waals surface area contributed by atoms with Crippen LogP contribution in [0.4, 0.5) is 4.39 Å². The number of aliphatic carboxylic acids is 1.